The minimum Gasteiger partial charge on any atom is -0.388 e. The van der Waals surface area contributed by atoms with Gasteiger partial charge in [0.05, 0.1) is 5.52 Å². The van der Waals surface area contributed by atoms with Gasteiger partial charge >= 0.3 is 0 Å². The number of rotatable bonds is 2. The molecule has 2 aromatic heterocycles. The van der Waals surface area contributed by atoms with Crippen LogP contribution < -0.4 is 5.32 Å². The summed E-state index contributed by atoms with van der Waals surface area (Å²) in [5.74, 6) is 0.856. The van der Waals surface area contributed by atoms with E-state index < -0.39 is 0 Å². The number of nitrogens with zero attached hydrogens (tertiary/aromatic N) is 2. The molecule has 18 heavy (non-hydrogen) atoms. The summed E-state index contributed by atoms with van der Waals surface area (Å²) < 4.78 is 0. The highest BCUT2D eigenvalue weighted by Crippen LogP contribution is 2.22. The second-order valence-corrected chi connectivity index (χ2v) is 4.24. The van der Waals surface area contributed by atoms with Gasteiger partial charge in [0.2, 0.25) is 0 Å². The summed E-state index contributed by atoms with van der Waals surface area (Å²) in [4.78, 5) is 12.1. The van der Waals surface area contributed by atoms with Gasteiger partial charge in [0.25, 0.3) is 0 Å². The number of pyridine rings is 1. The molecule has 0 unspecified atom stereocenters. The second-order valence-electron chi connectivity index (χ2n) is 4.24. The Balaban J connectivity index is 2.10. The van der Waals surface area contributed by atoms with Crippen LogP contribution in [0.15, 0.2) is 36.5 Å². The number of fused-ring (bicyclic) bond motifs is 1. The van der Waals surface area contributed by atoms with Crippen molar-refractivity contribution in [3.63, 3.8) is 0 Å². The minimum atomic E-state index is 0.766. The first-order valence-electron chi connectivity index (χ1n) is 5.87. The summed E-state index contributed by atoms with van der Waals surface area (Å²) in [6, 6.07) is 10.1. The summed E-state index contributed by atoms with van der Waals surface area (Å²) in [5, 5.41) is 3.10. The molecule has 3 aromatic rings. The first kappa shape index (κ1) is 10.8. The number of H-pyrrole nitrogens is 1. The van der Waals surface area contributed by atoms with Gasteiger partial charge in [0.15, 0.2) is 5.65 Å². The lowest BCUT2D eigenvalue weighted by molar-refractivity contribution is 1.30. The van der Waals surface area contributed by atoms with E-state index in [1.165, 1.54) is 0 Å². The van der Waals surface area contributed by atoms with Gasteiger partial charge < -0.3 is 10.3 Å². The van der Waals surface area contributed by atoms with Crippen LogP contribution in [-0.4, -0.2) is 22.0 Å². The Labute approximate surface area is 105 Å². The highest BCUT2D eigenvalue weighted by molar-refractivity contribution is 5.78. The lowest BCUT2D eigenvalue weighted by atomic mass is 10.2. The molecule has 2 heterocycles. The van der Waals surface area contributed by atoms with E-state index in [4.69, 9.17) is 0 Å². The van der Waals surface area contributed by atoms with Crippen molar-refractivity contribution >= 4 is 16.9 Å². The Hall–Kier alpha value is -2.36. The summed E-state index contributed by atoms with van der Waals surface area (Å²) >= 11 is 0. The van der Waals surface area contributed by atoms with Crippen molar-refractivity contribution in [3.8, 4) is 11.4 Å². The number of aromatic amines is 1. The van der Waals surface area contributed by atoms with Gasteiger partial charge in [-0.1, -0.05) is 0 Å². The van der Waals surface area contributed by atoms with Crippen molar-refractivity contribution in [2.24, 2.45) is 0 Å². The highest BCUT2D eigenvalue weighted by Gasteiger charge is 2.07. The minimum absolute atomic E-state index is 0.766. The van der Waals surface area contributed by atoms with Crippen molar-refractivity contribution in [2.75, 3.05) is 12.4 Å². The number of benzene rings is 1. The molecule has 1 aromatic carbocycles. The number of aromatic nitrogens is 3. The van der Waals surface area contributed by atoms with E-state index in [-0.39, 0.29) is 0 Å². The standard InChI is InChI=1S/C14H14N4/c1-9-7-8-16-14-12(9)17-13(18-14)10-3-5-11(15-2)6-4-10/h3-8,15H,1-2H3,(H,16,17,18). The number of aryl methyl sites for hydroxylation is 1. The average molecular weight is 238 g/mol. The van der Waals surface area contributed by atoms with Crippen LogP contribution in [0.1, 0.15) is 5.56 Å². The van der Waals surface area contributed by atoms with Gasteiger partial charge in [-0.2, -0.15) is 0 Å². The zero-order valence-corrected chi connectivity index (χ0v) is 10.4. The summed E-state index contributed by atoms with van der Waals surface area (Å²) in [6.45, 7) is 2.05. The number of nitrogens with one attached hydrogen (secondary N) is 2. The van der Waals surface area contributed by atoms with Crippen molar-refractivity contribution in [2.45, 2.75) is 6.92 Å². The Kier molecular flexibility index (Phi) is 2.48. The van der Waals surface area contributed by atoms with E-state index in [2.05, 4.69) is 27.2 Å². The molecule has 0 fully saturated rings. The first-order valence-corrected chi connectivity index (χ1v) is 5.87. The van der Waals surface area contributed by atoms with E-state index in [1.54, 1.807) is 6.20 Å². The highest BCUT2D eigenvalue weighted by atomic mass is 15.0. The SMILES string of the molecule is CNc1ccc(-c2nc3nccc(C)c3[nH]2)cc1. The maximum absolute atomic E-state index is 4.51. The molecule has 0 aliphatic carbocycles. The lowest BCUT2D eigenvalue weighted by Crippen LogP contribution is -1.87. The van der Waals surface area contributed by atoms with Gasteiger partial charge in [-0.25, -0.2) is 9.97 Å². The van der Waals surface area contributed by atoms with Gasteiger partial charge in [-0.05, 0) is 42.8 Å². The maximum atomic E-state index is 4.51. The van der Waals surface area contributed by atoms with E-state index in [0.717, 1.165) is 33.8 Å². The smallest absolute Gasteiger partial charge is 0.178 e. The van der Waals surface area contributed by atoms with Gasteiger partial charge in [0, 0.05) is 24.5 Å². The van der Waals surface area contributed by atoms with Crippen molar-refractivity contribution < 1.29 is 0 Å². The molecule has 0 aliphatic heterocycles. The molecule has 90 valence electrons. The summed E-state index contributed by atoms with van der Waals surface area (Å²) in [6.07, 6.45) is 1.78. The average Bonchev–Trinajstić information content (AvgIpc) is 2.84. The second kappa shape index (κ2) is 4.14. The van der Waals surface area contributed by atoms with Crippen molar-refractivity contribution in [1.29, 1.82) is 0 Å². The molecule has 0 aliphatic rings. The molecule has 0 spiro atoms. The van der Waals surface area contributed by atoms with Crippen LogP contribution in [0.4, 0.5) is 5.69 Å². The monoisotopic (exact) mass is 238 g/mol. The van der Waals surface area contributed by atoms with Gasteiger partial charge in [-0.3, -0.25) is 0 Å². The topological polar surface area (TPSA) is 53.6 Å². The van der Waals surface area contributed by atoms with E-state index in [1.807, 2.05) is 37.4 Å². The van der Waals surface area contributed by atoms with Crippen LogP contribution in [0.25, 0.3) is 22.6 Å². The fourth-order valence-electron chi connectivity index (χ4n) is 1.97. The Bertz CT molecular complexity index is 683. The first-order chi connectivity index (χ1) is 8.78. The number of hydrogen-bond donors (Lipinski definition) is 2. The van der Waals surface area contributed by atoms with Crippen LogP contribution in [0, 0.1) is 6.92 Å². The third kappa shape index (κ3) is 1.72. The van der Waals surface area contributed by atoms with Crippen LogP contribution in [0.3, 0.4) is 0 Å². The van der Waals surface area contributed by atoms with E-state index >= 15 is 0 Å². The van der Waals surface area contributed by atoms with Crippen LogP contribution >= 0.6 is 0 Å². The predicted molar refractivity (Wildman–Crippen MR) is 73.6 cm³/mol. The fourth-order valence-corrected chi connectivity index (χ4v) is 1.97. The summed E-state index contributed by atoms with van der Waals surface area (Å²) in [5.41, 5.74) is 5.08. The maximum Gasteiger partial charge on any atom is 0.178 e. The van der Waals surface area contributed by atoms with Gasteiger partial charge in [0.1, 0.15) is 5.82 Å². The molecule has 0 bridgehead atoms. The Morgan fingerprint density at radius 3 is 2.56 bits per heavy atom. The lowest BCUT2D eigenvalue weighted by Gasteiger charge is -2.00. The summed E-state index contributed by atoms with van der Waals surface area (Å²) in [7, 11) is 1.91. The molecule has 0 saturated heterocycles. The molecule has 4 heteroatoms. The van der Waals surface area contributed by atoms with Crippen molar-refractivity contribution in [1.82, 2.24) is 15.0 Å². The fraction of sp³-hybridized carbons (Fsp3) is 0.143. The van der Waals surface area contributed by atoms with Gasteiger partial charge in [-0.15, -0.1) is 0 Å². The number of anilines is 1. The molecule has 0 radical (unpaired) electrons. The number of hydrogen-bond acceptors (Lipinski definition) is 3. The molecule has 4 nitrogen and oxygen atoms in total. The molecule has 2 N–H and O–H groups in total. The largest absolute Gasteiger partial charge is 0.388 e. The Morgan fingerprint density at radius 1 is 1.11 bits per heavy atom. The molecule has 0 atom stereocenters. The Morgan fingerprint density at radius 2 is 1.89 bits per heavy atom. The van der Waals surface area contributed by atoms with E-state index in [9.17, 15) is 0 Å². The van der Waals surface area contributed by atoms with Crippen LogP contribution in [-0.2, 0) is 0 Å². The third-order valence-corrected chi connectivity index (χ3v) is 3.05. The van der Waals surface area contributed by atoms with E-state index in [0.29, 0.717) is 0 Å². The van der Waals surface area contributed by atoms with Crippen LogP contribution in [0.2, 0.25) is 0 Å². The molecular formula is C14H14N4. The predicted octanol–water partition coefficient (Wildman–Crippen LogP) is 2.98. The zero-order chi connectivity index (χ0) is 12.5. The zero-order valence-electron chi connectivity index (χ0n) is 10.4. The third-order valence-electron chi connectivity index (χ3n) is 3.05. The molecular weight excluding hydrogens is 224 g/mol. The quantitative estimate of drug-likeness (QED) is 0.721. The number of imidazole rings is 1. The normalized spacial score (nSPS) is 10.8. The van der Waals surface area contributed by atoms with Crippen molar-refractivity contribution in [3.05, 3.63) is 42.1 Å². The molecule has 3 rings (SSSR count). The molecule has 0 saturated carbocycles. The van der Waals surface area contributed by atoms with Crippen LogP contribution in [0.5, 0.6) is 0 Å². The molecule has 0 amide bonds.